The molecule has 0 fully saturated rings. The van der Waals surface area contributed by atoms with E-state index in [1.165, 1.54) is 12.1 Å². The topological polar surface area (TPSA) is 41.5 Å². The maximum Gasteiger partial charge on any atom is 0.124 e. The normalized spacial score (nSPS) is 12.5. The molecule has 4 heteroatoms. The molecule has 1 unspecified atom stereocenters. The zero-order valence-electron chi connectivity index (χ0n) is 10.4. The van der Waals surface area contributed by atoms with Gasteiger partial charge in [0.2, 0.25) is 0 Å². The van der Waals surface area contributed by atoms with Gasteiger partial charge in [0.1, 0.15) is 18.2 Å². The van der Waals surface area contributed by atoms with Crippen molar-refractivity contribution in [3.63, 3.8) is 0 Å². The monoisotopic (exact) mass is 241 g/mol. The van der Waals surface area contributed by atoms with Gasteiger partial charge in [0.15, 0.2) is 0 Å². The number of rotatable bonds is 7. The highest BCUT2D eigenvalue weighted by molar-refractivity contribution is 5.36. The van der Waals surface area contributed by atoms with Crippen molar-refractivity contribution in [2.75, 3.05) is 19.8 Å². The van der Waals surface area contributed by atoms with E-state index in [0.717, 1.165) is 18.5 Å². The first kappa shape index (κ1) is 13.9. The van der Waals surface area contributed by atoms with Gasteiger partial charge < -0.3 is 15.2 Å². The molecule has 1 aromatic carbocycles. The molecule has 17 heavy (non-hydrogen) atoms. The molecule has 0 aliphatic rings. The molecular formula is C13H20FNO2. The molecule has 1 rings (SSSR count). The van der Waals surface area contributed by atoms with Crippen LogP contribution in [-0.4, -0.2) is 24.9 Å². The molecule has 1 aromatic rings. The summed E-state index contributed by atoms with van der Waals surface area (Å²) in [6.45, 7) is 5.09. The van der Waals surface area contributed by atoms with Crippen LogP contribution in [0.5, 0.6) is 5.75 Å². The van der Waals surface area contributed by atoms with Crippen LogP contribution in [0.2, 0.25) is 0 Å². The van der Waals surface area contributed by atoms with Crippen LogP contribution in [0.25, 0.3) is 0 Å². The fourth-order valence-electron chi connectivity index (χ4n) is 1.62. The SMILES string of the molecule is CCCNC(C)c1cc(F)ccc1OCCO. The van der Waals surface area contributed by atoms with Gasteiger partial charge >= 0.3 is 0 Å². The first-order valence-corrected chi connectivity index (χ1v) is 5.95. The molecule has 0 radical (unpaired) electrons. The lowest BCUT2D eigenvalue weighted by molar-refractivity contribution is 0.199. The minimum absolute atomic E-state index is 0.0272. The minimum atomic E-state index is -0.276. The van der Waals surface area contributed by atoms with E-state index in [2.05, 4.69) is 12.2 Å². The molecule has 0 bridgehead atoms. The average molecular weight is 241 g/mol. The second-order valence-electron chi connectivity index (χ2n) is 3.93. The molecule has 3 nitrogen and oxygen atoms in total. The molecule has 1 atom stereocenters. The van der Waals surface area contributed by atoms with E-state index in [4.69, 9.17) is 9.84 Å². The molecule has 96 valence electrons. The highest BCUT2D eigenvalue weighted by atomic mass is 19.1. The number of aliphatic hydroxyl groups is 1. The maximum atomic E-state index is 13.2. The van der Waals surface area contributed by atoms with Gasteiger partial charge in [-0.3, -0.25) is 0 Å². The average Bonchev–Trinajstić information content (AvgIpc) is 2.34. The van der Waals surface area contributed by atoms with Crippen molar-refractivity contribution in [2.45, 2.75) is 26.3 Å². The van der Waals surface area contributed by atoms with Crippen LogP contribution in [-0.2, 0) is 0 Å². The standard InChI is InChI=1S/C13H20FNO2/c1-3-6-15-10(2)12-9-11(14)4-5-13(12)17-8-7-16/h4-5,9-10,15-16H,3,6-8H2,1-2H3. The zero-order valence-corrected chi connectivity index (χ0v) is 10.4. The van der Waals surface area contributed by atoms with E-state index in [0.29, 0.717) is 5.75 Å². The third-order valence-corrected chi connectivity index (χ3v) is 2.49. The lowest BCUT2D eigenvalue weighted by Gasteiger charge is -2.18. The summed E-state index contributed by atoms with van der Waals surface area (Å²) in [5.74, 6) is 0.345. The number of benzene rings is 1. The van der Waals surface area contributed by atoms with E-state index in [1.807, 2.05) is 6.92 Å². The number of nitrogens with one attached hydrogen (secondary N) is 1. The van der Waals surface area contributed by atoms with Crippen LogP contribution in [0.4, 0.5) is 4.39 Å². The van der Waals surface area contributed by atoms with Crippen molar-refractivity contribution in [1.82, 2.24) is 5.32 Å². The number of halogens is 1. The number of hydrogen-bond donors (Lipinski definition) is 2. The predicted octanol–water partition coefficient (Wildman–Crippen LogP) is 2.26. The van der Waals surface area contributed by atoms with E-state index < -0.39 is 0 Å². The van der Waals surface area contributed by atoms with E-state index in [9.17, 15) is 4.39 Å². The highest BCUT2D eigenvalue weighted by Crippen LogP contribution is 2.26. The molecule has 2 N–H and O–H groups in total. The lowest BCUT2D eigenvalue weighted by atomic mass is 10.1. The molecule has 0 spiro atoms. The Morgan fingerprint density at radius 3 is 2.88 bits per heavy atom. The Balaban J connectivity index is 2.81. The van der Waals surface area contributed by atoms with Crippen molar-refractivity contribution >= 4 is 0 Å². The molecule has 0 amide bonds. The summed E-state index contributed by atoms with van der Waals surface area (Å²) in [6.07, 6.45) is 1.02. The smallest absolute Gasteiger partial charge is 0.124 e. The summed E-state index contributed by atoms with van der Waals surface area (Å²) in [5.41, 5.74) is 0.784. The van der Waals surface area contributed by atoms with Gasteiger partial charge in [0.25, 0.3) is 0 Å². The summed E-state index contributed by atoms with van der Waals surface area (Å²) in [4.78, 5) is 0. The Hall–Kier alpha value is -1.13. The predicted molar refractivity (Wildman–Crippen MR) is 65.7 cm³/mol. The van der Waals surface area contributed by atoms with Crippen LogP contribution in [0.1, 0.15) is 31.9 Å². The Labute approximate surface area is 102 Å². The van der Waals surface area contributed by atoms with E-state index >= 15 is 0 Å². The summed E-state index contributed by atoms with van der Waals surface area (Å²) < 4.78 is 18.6. The Morgan fingerprint density at radius 1 is 1.47 bits per heavy atom. The molecule has 0 aromatic heterocycles. The summed E-state index contributed by atoms with van der Waals surface area (Å²) in [7, 11) is 0. The second-order valence-corrected chi connectivity index (χ2v) is 3.93. The quantitative estimate of drug-likeness (QED) is 0.769. The first-order valence-electron chi connectivity index (χ1n) is 5.95. The molecule has 0 saturated heterocycles. The molecular weight excluding hydrogens is 221 g/mol. The van der Waals surface area contributed by atoms with E-state index in [-0.39, 0.29) is 25.1 Å². The Kier molecular flexibility index (Phi) is 5.94. The third kappa shape index (κ3) is 4.32. The number of aliphatic hydroxyl groups excluding tert-OH is 1. The van der Waals surface area contributed by atoms with Crippen molar-refractivity contribution in [2.24, 2.45) is 0 Å². The van der Waals surface area contributed by atoms with Gasteiger partial charge in [-0.1, -0.05) is 6.92 Å². The molecule has 0 saturated carbocycles. The van der Waals surface area contributed by atoms with Gasteiger partial charge in [0.05, 0.1) is 6.61 Å². The zero-order chi connectivity index (χ0) is 12.7. The number of ether oxygens (including phenoxy) is 1. The lowest BCUT2D eigenvalue weighted by Crippen LogP contribution is -2.20. The molecule has 0 aliphatic carbocycles. The van der Waals surface area contributed by atoms with Crippen LogP contribution in [0.15, 0.2) is 18.2 Å². The largest absolute Gasteiger partial charge is 0.491 e. The van der Waals surface area contributed by atoms with Crippen LogP contribution < -0.4 is 10.1 Å². The summed E-state index contributed by atoms with van der Waals surface area (Å²) >= 11 is 0. The van der Waals surface area contributed by atoms with E-state index in [1.54, 1.807) is 6.07 Å². The Morgan fingerprint density at radius 2 is 2.24 bits per heavy atom. The highest BCUT2D eigenvalue weighted by Gasteiger charge is 2.12. The fraction of sp³-hybridized carbons (Fsp3) is 0.538. The van der Waals surface area contributed by atoms with Gasteiger partial charge in [-0.25, -0.2) is 4.39 Å². The number of hydrogen-bond acceptors (Lipinski definition) is 3. The summed E-state index contributed by atoms with van der Waals surface area (Å²) in [6, 6.07) is 4.46. The van der Waals surface area contributed by atoms with Crippen molar-refractivity contribution in [1.29, 1.82) is 0 Å². The van der Waals surface area contributed by atoms with Crippen molar-refractivity contribution in [3.05, 3.63) is 29.6 Å². The first-order chi connectivity index (χ1) is 8.19. The van der Waals surface area contributed by atoms with Gasteiger partial charge in [0, 0.05) is 11.6 Å². The van der Waals surface area contributed by atoms with Crippen LogP contribution >= 0.6 is 0 Å². The van der Waals surface area contributed by atoms with Crippen LogP contribution in [0, 0.1) is 5.82 Å². The van der Waals surface area contributed by atoms with Gasteiger partial charge in [-0.2, -0.15) is 0 Å². The molecule has 0 heterocycles. The Bertz CT molecular complexity index is 344. The van der Waals surface area contributed by atoms with Gasteiger partial charge in [-0.15, -0.1) is 0 Å². The maximum absolute atomic E-state index is 13.2. The minimum Gasteiger partial charge on any atom is -0.491 e. The fourth-order valence-corrected chi connectivity index (χ4v) is 1.62. The molecule has 0 aliphatic heterocycles. The van der Waals surface area contributed by atoms with Crippen molar-refractivity contribution < 1.29 is 14.2 Å². The van der Waals surface area contributed by atoms with Crippen LogP contribution in [0.3, 0.4) is 0 Å². The summed E-state index contributed by atoms with van der Waals surface area (Å²) in [5, 5.41) is 12.0. The van der Waals surface area contributed by atoms with Gasteiger partial charge in [-0.05, 0) is 38.1 Å². The second kappa shape index (κ2) is 7.25. The van der Waals surface area contributed by atoms with Crippen molar-refractivity contribution in [3.8, 4) is 5.75 Å². The third-order valence-electron chi connectivity index (χ3n) is 2.49.